The van der Waals surface area contributed by atoms with E-state index >= 15 is 0 Å². The van der Waals surface area contributed by atoms with Gasteiger partial charge >= 0.3 is 0 Å². The van der Waals surface area contributed by atoms with E-state index in [0.29, 0.717) is 11.8 Å². The van der Waals surface area contributed by atoms with Crippen molar-refractivity contribution in [2.75, 3.05) is 13.2 Å². The minimum atomic E-state index is -3.43. The van der Waals surface area contributed by atoms with Crippen LogP contribution in [-0.4, -0.2) is 33.2 Å². The highest BCUT2D eigenvalue weighted by molar-refractivity contribution is 7.92. The molecule has 0 spiro atoms. The second-order valence-electron chi connectivity index (χ2n) is 3.51. The van der Waals surface area contributed by atoms with E-state index in [-0.39, 0.29) is 23.1 Å². The Hall–Kier alpha value is -0.910. The molecule has 1 saturated heterocycles. The van der Waals surface area contributed by atoms with Crippen molar-refractivity contribution in [3.05, 3.63) is 28.8 Å². The number of hydrogen-bond acceptors (Lipinski definition) is 4. The second-order valence-corrected chi connectivity index (χ2v) is 6.12. The van der Waals surface area contributed by atoms with Crippen molar-refractivity contribution in [3.8, 4) is 0 Å². The molecule has 1 aromatic rings. The van der Waals surface area contributed by atoms with Crippen molar-refractivity contribution in [2.24, 2.45) is 0 Å². The molecule has 0 aliphatic carbocycles. The summed E-state index contributed by atoms with van der Waals surface area (Å²) in [5.74, 6) is 0. The topological polar surface area (TPSA) is 60.4 Å². The highest BCUT2D eigenvalue weighted by Gasteiger charge is 2.35. The Morgan fingerprint density at radius 2 is 2.06 bits per heavy atom. The zero-order valence-corrected chi connectivity index (χ0v) is 9.79. The van der Waals surface area contributed by atoms with Crippen LogP contribution in [0.1, 0.15) is 10.4 Å². The molecular formula is C10H9ClO4S. The average molecular weight is 261 g/mol. The molecule has 0 radical (unpaired) electrons. The van der Waals surface area contributed by atoms with E-state index < -0.39 is 15.1 Å². The first-order valence-electron chi connectivity index (χ1n) is 4.62. The monoisotopic (exact) mass is 260 g/mol. The van der Waals surface area contributed by atoms with Crippen LogP contribution in [0, 0.1) is 0 Å². The SMILES string of the molecule is O=Cc1ccc(S(=O)(=O)C2COC2)c(Cl)c1. The Kier molecular flexibility index (Phi) is 3.01. The summed E-state index contributed by atoms with van der Waals surface area (Å²) in [4.78, 5) is 10.6. The molecule has 1 aliphatic heterocycles. The third kappa shape index (κ3) is 1.86. The number of halogens is 1. The van der Waals surface area contributed by atoms with Gasteiger partial charge in [-0.1, -0.05) is 17.7 Å². The van der Waals surface area contributed by atoms with Gasteiger partial charge in [-0.3, -0.25) is 4.79 Å². The highest BCUT2D eigenvalue weighted by atomic mass is 35.5. The fourth-order valence-corrected chi connectivity index (χ4v) is 3.40. The molecule has 6 heteroatoms. The van der Waals surface area contributed by atoms with Gasteiger partial charge in [-0.2, -0.15) is 0 Å². The number of carbonyl (C=O) groups is 1. The van der Waals surface area contributed by atoms with Gasteiger partial charge in [0.2, 0.25) is 0 Å². The van der Waals surface area contributed by atoms with Crippen molar-refractivity contribution in [3.63, 3.8) is 0 Å². The zero-order chi connectivity index (χ0) is 11.8. The van der Waals surface area contributed by atoms with Gasteiger partial charge in [-0.05, 0) is 12.1 Å². The molecule has 16 heavy (non-hydrogen) atoms. The van der Waals surface area contributed by atoms with Gasteiger partial charge in [0.25, 0.3) is 0 Å². The lowest BCUT2D eigenvalue weighted by molar-refractivity contribution is 0.0416. The van der Waals surface area contributed by atoms with Gasteiger partial charge in [-0.15, -0.1) is 0 Å². The average Bonchev–Trinajstić information content (AvgIpc) is 2.13. The van der Waals surface area contributed by atoms with Crippen LogP contribution in [0.15, 0.2) is 23.1 Å². The van der Waals surface area contributed by atoms with Crippen LogP contribution >= 0.6 is 11.6 Å². The summed E-state index contributed by atoms with van der Waals surface area (Å²) in [6.07, 6.45) is 0.620. The molecule has 0 N–H and O–H groups in total. The van der Waals surface area contributed by atoms with Gasteiger partial charge in [0.15, 0.2) is 9.84 Å². The fourth-order valence-electron chi connectivity index (χ4n) is 1.39. The normalized spacial score (nSPS) is 16.8. The number of ether oxygens (including phenoxy) is 1. The second kappa shape index (κ2) is 4.16. The summed E-state index contributed by atoms with van der Waals surface area (Å²) in [6, 6.07) is 4.14. The Bertz CT molecular complexity index is 520. The third-order valence-corrected chi connectivity index (χ3v) is 4.99. The lowest BCUT2D eigenvalue weighted by atomic mass is 10.2. The predicted octanol–water partition coefficient (Wildman–Crippen LogP) is 1.32. The van der Waals surface area contributed by atoms with E-state index in [2.05, 4.69) is 0 Å². The largest absolute Gasteiger partial charge is 0.379 e. The smallest absolute Gasteiger partial charge is 0.187 e. The van der Waals surface area contributed by atoms with Gasteiger partial charge in [0, 0.05) is 5.56 Å². The van der Waals surface area contributed by atoms with Crippen molar-refractivity contribution in [1.82, 2.24) is 0 Å². The van der Waals surface area contributed by atoms with Crippen molar-refractivity contribution >= 4 is 27.7 Å². The third-order valence-electron chi connectivity index (χ3n) is 2.44. The summed E-state index contributed by atoms with van der Waals surface area (Å²) in [6.45, 7) is 0.405. The number of rotatable bonds is 3. The number of sulfone groups is 1. The number of benzene rings is 1. The van der Waals surface area contributed by atoms with Gasteiger partial charge in [0.1, 0.15) is 11.5 Å². The molecule has 4 nitrogen and oxygen atoms in total. The molecule has 0 unspecified atom stereocenters. The van der Waals surface area contributed by atoms with Gasteiger partial charge in [-0.25, -0.2) is 8.42 Å². The van der Waals surface area contributed by atoms with Crippen LogP contribution in [0.5, 0.6) is 0 Å². The van der Waals surface area contributed by atoms with Crippen molar-refractivity contribution in [1.29, 1.82) is 0 Å². The molecule has 0 amide bonds. The minimum Gasteiger partial charge on any atom is -0.379 e. The number of hydrogen-bond donors (Lipinski definition) is 0. The first-order chi connectivity index (χ1) is 7.55. The van der Waals surface area contributed by atoms with E-state index in [4.69, 9.17) is 16.3 Å². The van der Waals surface area contributed by atoms with Gasteiger partial charge < -0.3 is 4.74 Å². The maximum absolute atomic E-state index is 12.0. The molecule has 1 aromatic carbocycles. The van der Waals surface area contributed by atoms with E-state index in [1.165, 1.54) is 18.2 Å². The lowest BCUT2D eigenvalue weighted by Gasteiger charge is -2.26. The predicted molar refractivity (Wildman–Crippen MR) is 58.6 cm³/mol. The first kappa shape index (κ1) is 11.6. The van der Waals surface area contributed by atoms with Gasteiger partial charge in [0.05, 0.1) is 23.1 Å². The van der Waals surface area contributed by atoms with Crippen molar-refractivity contribution < 1.29 is 17.9 Å². The van der Waals surface area contributed by atoms with Crippen LogP contribution < -0.4 is 0 Å². The van der Waals surface area contributed by atoms with Crippen LogP contribution in [0.4, 0.5) is 0 Å². The molecule has 1 heterocycles. The summed E-state index contributed by atoms with van der Waals surface area (Å²) in [5, 5.41) is -0.441. The Morgan fingerprint density at radius 3 is 2.50 bits per heavy atom. The molecule has 0 bridgehead atoms. The molecule has 0 saturated carbocycles. The molecule has 0 atom stereocenters. The summed E-state index contributed by atoms with van der Waals surface area (Å²) >= 11 is 5.84. The minimum absolute atomic E-state index is 0.0630. The fraction of sp³-hybridized carbons (Fsp3) is 0.300. The van der Waals surface area contributed by atoms with E-state index in [9.17, 15) is 13.2 Å². The van der Waals surface area contributed by atoms with Crippen LogP contribution in [-0.2, 0) is 14.6 Å². The molecule has 1 aliphatic rings. The van der Waals surface area contributed by atoms with Crippen LogP contribution in [0.3, 0.4) is 0 Å². The molecule has 2 rings (SSSR count). The van der Waals surface area contributed by atoms with Crippen molar-refractivity contribution in [2.45, 2.75) is 10.1 Å². The Morgan fingerprint density at radius 1 is 1.38 bits per heavy atom. The number of aldehydes is 1. The van der Waals surface area contributed by atoms with E-state index in [1.54, 1.807) is 0 Å². The molecule has 0 aromatic heterocycles. The highest BCUT2D eigenvalue weighted by Crippen LogP contribution is 2.28. The Balaban J connectivity index is 2.44. The van der Waals surface area contributed by atoms with Crippen LogP contribution in [0.2, 0.25) is 5.02 Å². The Labute approximate surface area is 98.1 Å². The number of carbonyl (C=O) groups excluding carboxylic acids is 1. The van der Waals surface area contributed by atoms with Crippen LogP contribution in [0.25, 0.3) is 0 Å². The maximum atomic E-state index is 12.0. The lowest BCUT2D eigenvalue weighted by Crippen LogP contribution is -2.40. The zero-order valence-electron chi connectivity index (χ0n) is 8.22. The molecular weight excluding hydrogens is 252 g/mol. The molecule has 86 valence electrons. The molecule has 1 fully saturated rings. The van der Waals surface area contributed by atoms with E-state index in [1.807, 2.05) is 0 Å². The first-order valence-corrected chi connectivity index (χ1v) is 6.54. The van der Waals surface area contributed by atoms with E-state index in [0.717, 1.165) is 0 Å². The summed E-state index contributed by atoms with van der Waals surface area (Å²) in [5.41, 5.74) is 0.355. The quantitative estimate of drug-likeness (QED) is 0.769. The maximum Gasteiger partial charge on any atom is 0.187 e. The summed E-state index contributed by atoms with van der Waals surface area (Å²) < 4.78 is 28.8. The summed E-state index contributed by atoms with van der Waals surface area (Å²) in [7, 11) is -3.43. The standard InChI is InChI=1S/C10H9ClO4S/c11-9-3-7(4-12)1-2-10(9)16(13,14)8-5-15-6-8/h1-4,8H,5-6H2.